The van der Waals surface area contributed by atoms with Crippen molar-refractivity contribution >= 4 is 11.7 Å². The molecule has 0 aliphatic rings. The zero-order chi connectivity index (χ0) is 14.1. The second kappa shape index (κ2) is 8.53. The van der Waals surface area contributed by atoms with Gasteiger partial charge in [-0.3, -0.25) is 4.79 Å². The van der Waals surface area contributed by atoms with E-state index in [9.17, 15) is 4.79 Å². The molecule has 0 aliphatic carbocycles. The lowest BCUT2D eigenvalue weighted by Gasteiger charge is -2.22. The maximum absolute atomic E-state index is 11.4. The van der Waals surface area contributed by atoms with Crippen molar-refractivity contribution in [2.45, 2.75) is 20.3 Å². The smallest absolute Gasteiger partial charge is 0.310 e. The molecule has 0 saturated carbocycles. The summed E-state index contributed by atoms with van der Waals surface area (Å²) in [7, 11) is 1.70. The molecule has 0 aromatic heterocycles. The summed E-state index contributed by atoms with van der Waals surface area (Å²) in [4.78, 5) is 13.6. The predicted octanol–water partition coefficient (Wildman–Crippen LogP) is 2.26. The number of anilines is 1. The molecule has 4 heteroatoms. The minimum absolute atomic E-state index is 0.179. The molecule has 1 aromatic carbocycles. The number of likely N-dealkylation sites (N-methyl/N-ethyl adjacent to an activating group) is 1. The van der Waals surface area contributed by atoms with Crippen LogP contribution in [0.2, 0.25) is 0 Å². The zero-order valence-corrected chi connectivity index (χ0v) is 12.0. The van der Waals surface area contributed by atoms with Crippen molar-refractivity contribution in [1.29, 1.82) is 0 Å². The Morgan fingerprint density at radius 1 is 1.21 bits per heavy atom. The molecule has 0 aliphatic heterocycles. The van der Waals surface area contributed by atoms with Crippen LogP contribution in [-0.4, -0.2) is 39.4 Å². The Labute approximate surface area is 115 Å². The molecule has 19 heavy (non-hydrogen) atoms. The van der Waals surface area contributed by atoms with Gasteiger partial charge < -0.3 is 14.4 Å². The van der Waals surface area contributed by atoms with E-state index in [2.05, 4.69) is 11.8 Å². The van der Waals surface area contributed by atoms with E-state index in [1.165, 1.54) is 0 Å². The molecule has 106 valence electrons. The van der Waals surface area contributed by atoms with Crippen LogP contribution in [-0.2, 0) is 20.7 Å². The Kier molecular flexibility index (Phi) is 6.97. The highest BCUT2D eigenvalue weighted by Crippen LogP contribution is 2.15. The van der Waals surface area contributed by atoms with Crippen LogP contribution < -0.4 is 4.90 Å². The topological polar surface area (TPSA) is 38.8 Å². The number of carbonyl (C=O) groups is 1. The lowest BCUT2D eigenvalue weighted by atomic mass is 10.1. The zero-order valence-electron chi connectivity index (χ0n) is 12.0. The van der Waals surface area contributed by atoms with E-state index in [-0.39, 0.29) is 5.97 Å². The van der Waals surface area contributed by atoms with E-state index < -0.39 is 0 Å². The molecular weight excluding hydrogens is 242 g/mol. The number of carbonyl (C=O) groups excluding carboxylic acids is 1. The van der Waals surface area contributed by atoms with Gasteiger partial charge in [-0.15, -0.1) is 0 Å². The molecule has 0 amide bonds. The molecule has 0 radical (unpaired) electrons. The minimum atomic E-state index is -0.179. The average Bonchev–Trinajstić information content (AvgIpc) is 2.41. The van der Waals surface area contributed by atoms with Gasteiger partial charge in [-0.1, -0.05) is 12.1 Å². The first-order valence-corrected chi connectivity index (χ1v) is 6.69. The van der Waals surface area contributed by atoms with Gasteiger partial charge in [0.1, 0.15) is 0 Å². The van der Waals surface area contributed by atoms with Crippen molar-refractivity contribution in [3.63, 3.8) is 0 Å². The van der Waals surface area contributed by atoms with Crippen LogP contribution in [0.1, 0.15) is 19.4 Å². The fraction of sp³-hybridized carbons (Fsp3) is 0.533. The maximum atomic E-state index is 11.4. The van der Waals surface area contributed by atoms with Crippen LogP contribution in [0.5, 0.6) is 0 Å². The van der Waals surface area contributed by atoms with Gasteiger partial charge in [0.15, 0.2) is 0 Å². The number of hydrogen-bond donors (Lipinski definition) is 0. The van der Waals surface area contributed by atoms with E-state index in [0.717, 1.165) is 24.3 Å². The van der Waals surface area contributed by atoms with E-state index in [4.69, 9.17) is 9.47 Å². The summed E-state index contributed by atoms with van der Waals surface area (Å²) < 4.78 is 10.0. The second-order valence-corrected chi connectivity index (χ2v) is 4.22. The standard InChI is InChI=1S/C15H23NO3/c1-4-16(10-11-18-3)14-8-6-13(7-9-14)12-15(17)19-5-2/h6-9H,4-5,10-12H2,1-3H3. The lowest BCUT2D eigenvalue weighted by Crippen LogP contribution is -2.26. The van der Waals surface area contributed by atoms with Crippen LogP contribution in [0.15, 0.2) is 24.3 Å². The summed E-state index contributed by atoms with van der Waals surface area (Å²) in [5, 5.41) is 0. The Morgan fingerprint density at radius 2 is 1.89 bits per heavy atom. The Hall–Kier alpha value is -1.55. The third-order valence-corrected chi connectivity index (χ3v) is 2.90. The van der Waals surface area contributed by atoms with Crippen molar-refractivity contribution in [3.05, 3.63) is 29.8 Å². The summed E-state index contributed by atoms with van der Waals surface area (Å²) in [5.41, 5.74) is 2.12. The number of hydrogen-bond acceptors (Lipinski definition) is 4. The molecular formula is C15H23NO3. The molecule has 0 atom stereocenters. The number of benzene rings is 1. The highest BCUT2D eigenvalue weighted by Gasteiger charge is 2.06. The van der Waals surface area contributed by atoms with Gasteiger partial charge in [-0.25, -0.2) is 0 Å². The van der Waals surface area contributed by atoms with Crippen molar-refractivity contribution in [3.8, 4) is 0 Å². The summed E-state index contributed by atoms with van der Waals surface area (Å²) in [6, 6.07) is 8.02. The first-order valence-electron chi connectivity index (χ1n) is 6.69. The third-order valence-electron chi connectivity index (χ3n) is 2.90. The van der Waals surface area contributed by atoms with Crippen LogP contribution in [0.25, 0.3) is 0 Å². The van der Waals surface area contributed by atoms with E-state index in [1.54, 1.807) is 7.11 Å². The van der Waals surface area contributed by atoms with Gasteiger partial charge in [-0.2, -0.15) is 0 Å². The summed E-state index contributed by atoms with van der Waals surface area (Å²) in [6.45, 7) is 6.86. The van der Waals surface area contributed by atoms with Crippen LogP contribution in [0.3, 0.4) is 0 Å². The van der Waals surface area contributed by atoms with Gasteiger partial charge in [0.05, 0.1) is 19.6 Å². The van der Waals surface area contributed by atoms with Gasteiger partial charge in [0.25, 0.3) is 0 Å². The molecule has 4 nitrogen and oxygen atoms in total. The fourth-order valence-electron chi connectivity index (χ4n) is 1.87. The van der Waals surface area contributed by atoms with Crippen molar-refractivity contribution in [2.24, 2.45) is 0 Å². The van der Waals surface area contributed by atoms with Crippen molar-refractivity contribution in [1.82, 2.24) is 0 Å². The number of ether oxygens (including phenoxy) is 2. The number of rotatable bonds is 8. The lowest BCUT2D eigenvalue weighted by molar-refractivity contribution is -0.142. The monoisotopic (exact) mass is 265 g/mol. The van der Waals surface area contributed by atoms with Crippen molar-refractivity contribution < 1.29 is 14.3 Å². The van der Waals surface area contributed by atoms with Crippen molar-refractivity contribution in [2.75, 3.05) is 38.3 Å². The molecule has 0 fully saturated rings. The van der Waals surface area contributed by atoms with E-state index in [1.807, 2.05) is 31.2 Å². The summed E-state index contributed by atoms with van der Waals surface area (Å²) >= 11 is 0. The van der Waals surface area contributed by atoms with Gasteiger partial charge >= 0.3 is 5.97 Å². The molecule has 1 aromatic rings. The minimum Gasteiger partial charge on any atom is -0.466 e. The number of nitrogens with zero attached hydrogens (tertiary/aromatic N) is 1. The van der Waals surface area contributed by atoms with Gasteiger partial charge in [0, 0.05) is 25.9 Å². The maximum Gasteiger partial charge on any atom is 0.310 e. The van der Waals surface area contributed by atoms with Crippen LogP contribution in [0.4, 0.5) is 5.69 Å². The fourth-order valence-corrected chi connectivity index (χ4v) is 1.87. The largest absolute Gasteiger partial charge is 0.466 e. The average molecular weight is 265 g/mol. The molecule has 0 heterocycles. The quantitative estimate of drug-likeness (QED) is 0.676. The normalized spacial score (nSPS) is 10.3. The second-order valence-electron chi connectivity index (χ2n) is 4.22. The van der Waals surface area contributed by atoms with Gasteiger partial charge in [-0.05, 0) is 31.5 Å². The third kappa shape index (κ3) is 5.30. The molecule has 0 saturated heterocycles. The molecule has 0 unspecified atom stereocenters. The molecule has 1 rings (SSSR count). The molecule has 0 spiro atoms. The number of esters is 1. The van der Waals surface area contributed by atoms with Gasteiger partial charge in [0.2, 0.25) is 0 Å². The Balaban J connectivity index is 2.61. The molecule has 0 N–H and O–H groups in total. The van der Waals surface area contributed by atoms with Crippen LogP contribution in [0, 0.1) is 0 Å². The van der Waals surface area contributed by atoms with E-state index in [0.29, 0.717) is 19.6 Å². The summed E-state index contributed by atoms with van der Waals surface area (Å²) in [6.07, 6.45) is 0.332. The first kappa shape index (κ1) is 15.5. The van der Waals surface area contributed by atoms with Crippen LogP contribution >= 0.6 is 0 Å². The van der Waals surface area contributed by atoms with E-state index >= 15 is 0 Å². The first-order chi connectivity index (χ1) is 9.21. The Bertz CT molecular complexity index is 375. The highest BCUT2D eigenvalue weighted by atomic mass is 16.5. The Morgan fingerprint density at radius 3 is 2.42 bits per heavy atom. The predicted molar refractivity (Wildman–Crippen MR) is 76.5 cm³/mol. The summed E-state index contributed by atoms with van der Waals surface area (Å²) in [5.74, 6) is -0.179. The molecule has 0 bridgehead atoms. The SMILES string of the molecule is CCOC(=O)Cc1ccc(N(CC)CCOC)cc1. The highest BCUT2D eigenvalue weighted by molar-refractivity contribution is 5.72. The number of methoxy groups -OCH3 is 1.